The molecule has 0 fully saturated rings. The maximum absolute atomic E-state index is 5.73. The Kier molecular flexibility index (Phi) is 3.47. The molecule has 0 aliphatic rings. The first kappa shape index (κ1) is 12.8. The maximum Gasteiger partial charge on any atom is 0.230 e. The molecule has 0 aliphatic carbocycles. The molecule has 2 rings (SSSR count). The molecule has 96 valence electrons. The Morgan fingerprint density at radius 1 is 1.22 bits per heavy atom. The average Bonchev–Trinajstić information content (AvgIpc) is 2.78. The van der Waals surface area contributed by atoms with E-state index in [4.69, 9.17) is 19.7 Å². The molecule has 1 aromatic carbocycles. The van der Waals surface area contributed by atoms with Crippen LogP contribution >= 0.6 is 15.9 Å². The quantitative estimate of drug-likeness (QED) is 0.943. The number of nitrogens with zero attached hydrogens (tertiary/aromatic N) is 1. The minimum atomic E-state index is 0.242. The van der Waals surface area contributed by atoms with E-state index in [9.17, 15) is 0 Å². The van der Waals surface area contributed by atoms with Gasteiger partial charge in [-0.2, -0.15) is 0 Å². The second kappa shape index (κ2) is 4.89. The second-order valence-electron chi connectivity index (χ2n) is 3.70. The Bertz CT molecular complexity index is 581. The lowest BCUT2D eigenvalue weighted by molar-refractivity contribution is 0.354. The van der Waals surface area contributed by atoms with Crippen molar-refractivity contribution in [2.45, 2.75) is 6.92 Å². The Morgan fingerprint density at radius 2 is 1.89 bits per heavy atom. The van der Waals surface area contributed by atoms with Gasteiger partial charge in [0.2, 0.25) is 5.88 Å². The number of hydrogen-bond donors (Lipinski definition) is 1. The van der Waals surface area contributed by atoms with Gasteiger partial charge in [0.15, 0.2) is 11.5 Å². The number of anilines is 1. The van der Waals surface area contributed by atoms with E-state index in [0.29, 0.717) is 17.1 Å². The molecular formula is C12H13BrN2O3. The Morgan fingerprint density at radius 3 is 2.39 bits per heavy atom. The summed E-state index contributed by atoms with van der Waals surface area (Å²) in [4.78, 5) is 0. The predicted octanol–water partition coefficient (Wildman–Crippen LogP) is 3.01. The molecule has 5 nitrogen and oxygen atoms in total. The first-order chi connectivity index (χ1) is 8.60. The number of rotatable bonds is 3. The summed E-state index contributed by atoms with van der Waals surface area (Å²) in [6, 6.07) is 1.90. The summed E-state index contributed by atoms with van der Waals surface area (Å²) in [5.74, 6) is 1.50. The second-order valence-corrected chi connectivity index (χ2v) is 4.56. The number of hydrogen-bond acceptors (Lipinski definition) is 5. The van der Waals surface area contributed by atoms with Crippen molar-refractivity contribution in [1.82, 2.24) is 5.16 Å². The van der Waals surface area contributed by atoms with Crippen LogP contribution in [0.5, 0.6) is 11.5 Å². The van der Waals surface area contributed by atoms with Crippen LogP contribution in [0.3, 0.4) is 0 Å². The van der Waals surface area contributed by atoms with Gasteiger partial charge in [0.25, 0.3) is 0 Å². The van der Waals surface area contributed by atoms with Crippen LogP contribution in [0.4, 0.5) is 5.88 Å². The van der Waals surface area contributed by atoms with Crippen LogP contribution in [0.2, 0.25) is 0 Å². The van der Waals surface area contributed by atoms with E-state index in [-0.39, 0.29) is 5.88 Å². The molecule has 0 amide bonds. The lowest BCUT2D eigenvalue weighted by Gasteiger charge is -2.15. The largest absolute Gasteiger partial charge is 0.493 e. The van der Waals surface area contributed by atoms with Crippen molar-refractivity contribution in [3.63, 3.8) is 0 Å². The Labute approximate surface area is 113 Å². The van der Waals surface area contributed by atoms with Gasteiger partial charge in [0, 0.05) is 15.6 Å². The van der Waals surface area contributed by atoms with E-state index in [2.05, 4.69) is 21.1 Å². The van der Waals surface area contributed by atoms with Crippen molar-refractivity contribution in [3.05, 3.63) is 22.3 Å². The number of aromatic nitrogens is 1. The highest BCUT2D eigenvalue weighted by Gasteiger charge is 2.20. The molecule has 0 radical (unpaired) electrons. The van der Waals surface area contributed by atoms with Gasteiger partial charge in [-0.1, -0.05) is 21.1 Å². The van der Waals surface area contributed by atoms with Crippen molar-refractivity contribution in [1.29, 1.82) is 0 Å². The fourth-order valence-electron chi connectivity index (χ4n) is 1.80. The van der Waals surface area contributed by atoms with Crippen LogP contribution in [0.15, 0.2) is 21.3 Å². The predicted molar refractivity (Wildman–Crippen MR) is 71.9 cm³/mol. The topological polar surface area (TPSA) is 70.5 Å². The minimum Gasteiger partial charge on any atom is -0.493 e. The van der Waals surface area contributed by atoms with Crippen LogP contribution < -0.4 is 15.2 Å². The normalized spacial score (nSPS) is 10.4. The molecule has 2 N–H and O–H groups in total. The summed E-state index contributed by atoms with van der Waals surface area (Å²) in [5, 5.41) is 3.67. The molecule has 2 aromatic rings. The van der Waals surface area contributed by atoms with Crippen molar-refractivity contribution < 1.29 is 14.0 Å². The van der Waals surface area contributed by atoms with Gasteiger partial charge in [-0.25, -0.2) is 0 Å². The average molecular weight is 313 g/mol. The molecular weight excluding hydrogens is 300 g/mol. The highest BCUT2D eigenvalue weighted by Crippen LogP contribution is 2.45. The van der Waals surface area contributed by atoms with E-state index >= 15 is 0 Å². The van der Waals surface area contributed by atoms with E-state index in [1.807, 2.05) is 13.0 Å². The van der Waals surface area contributed by atoms with Crippen LogP contribution in [-0.4, -0.2) is 19.4 Å². The van der Waals surface area contributed by atoms with Crippen LogP contribution in [0.1, 0.15) is 5.56 Å². The molecule has 0 saturated carbocycles. The highest BCUT2D eigenvalue weighted by atomic mass is 79.9. The summed E-state index contributed by atoms with van der Waals surface area (Å²) in [6.07, 6.45) is 1.55. The summed E-state index contributed by atoms with van der Waals surface area (Å²) in [6.45, 7) is 1.94. The van der Waals surface area contributed by atoms with Gasteiger partial charge >= 0.3 is 0 Å². The Balaban J connectivity index is 2.75. The zero-order chi connectivity index (χ0) is 13.3. The molecule has 0 aliphatic heterocycles. The van der Waals surface area contributed by atoms with E-state index < -0.39 is 0 Å². The summed E-state index contributed by atoms with van der Waals surface area (Å²) in [5.41, 5.74) is 8.13. The third kappa shape index (κ3) is 1.92. The number of halogens is 1. The molecule has 6 heteroatoms. The maximum atomic E-state index is 5.73. The smallest absolute Gasteiger partial charge is 0.230 e. The van der Waals surface area contributed by atoms with Gasteiger partial charge in [0.1, 0.15) is 0 Å². The fraction of sp³-hybridized carbons (Fsp3) is 0.250. The number of benzene rings is 1. The highest BCUT2D eigenvalue weighted by molar-refractivity contribution is 9.10. The van der Waals surface area contributed by atoms with E-state index in [1.165, 1.54) is 0 Å². The van der Waals surface area contributed by atoms with E-state index in [1.54, 1.807) is 20.4 Å². The summed E-state index contributed by atoms with van der Waals surface area (Å²) < 4.78 is 16.6. The molecule has 18 heavy (non-hydrogen) atoms. The van der Waals surface area contributed by atoms with Gasteiger partial charge in [0.05, 0.1) is 26.0 Å². The monoisotopic (exact) mass is 312 g/mol. The Hall–Kier alpha value is -1.69. The third-order valence-electron chi connectivity index (χ3n) is 2.72. The zero-order valence-electron chi connectivity index (χ0n) is 10.3. The number of ether oxygens (including phenoxy) is 2. The van der Waals surface area contributed by atoms with Crippen LogP contribution in [0, 0.1) is 6.92 Å². The van der Waals surface area contributed by atoms with Crippen molar-refractivity contribution >= 4 is 21.8 Å². The molecule has 0 spiro atoms. The van der Waals surface area contributed by atoms with Gasteiger partial charge in [-0.15, -0.1) is 0 Å². The van der Waals surface area contributed by atoms with Gasteiger partial charge < -0.3 is 19.7 Å². The fourth-order valence-corrected chi connectivity index (χ4v) is 2.21. The van der Waals surface area contributed by atoms with Crippen LogP contribution in [-0.2, 0) is 0 Å². The molecule has 0 atom stereocenters. The van der Waals surface area contributed by atoms with Gasteiger partial charge in [-0.05, 0) is 13.0 Å². The minimum absolute atomic E-state index is 0.242. The first-order valence-electron chi connectivity index (χ1n) is 5.21. The van der Waals surface area contributed by atoms with Gasteiger partial charge in [-0.3, -0.25) is 0 Å². The van der Waals surface area contributed by atoms with E-state index in [0.717, 1.165) is 15.6 Å². The molecule has 1 aromatic heterocycles. The summed E-state index contributed by atoms with van der Waals surface area (Å²) >= 11 is 3.48. The SMILES string of the molecule is COc1c(-c2cnoc2N)cc(Br)c(C)c1OC. The zero-order valence-corrected chi connectivity index (χ0v) is 11.9. The standard InChI is InChI=1S/C12H13BrN2O3/c1-6-9(13)4-7(8-5-15-18-12(8)14)11(17-3)10(6)16-2/h4-5H,14H2,1-3H3. The third-order valence-corrected chi connectivity index (χ3v) is 3.54. The number of nitrogen functional groups attached to an aromatic ring is 1. The first-order valence-corrected chi connectivity index (χ1v) is 6.01. The van der Waals surface area contributed by atoms with Crippen LogP contribution in [0.25, 0.3) is 11.1 Å². The number of nitrogens with two attached hydrogens (primary N) is 1. The molecule has 0 unspecified atom stereocenters. The molecule has 0 saturated heterocycles. The lowest BCUT2D eigenvalue weighted by Crippen LogP contribution is -1.97. The van der Waals surface area contributed by atoms with Crippen molar-refractivity contribution in [3.8, 4) is 22.6 Å². The van der Waals surface area contributed by atoms with Crippen molar-refractivity contribution in [2.75, 3.05) is 20.0 Å². The number of methoxy groups -OCH3 is 2. The summed E-state index contributed by atoms with van der Waals surface area (Å²) in [7, 11) is 3.18. The van der Waals surface area contributed by atoms with Crippen molar-refractivity contribution in [2.24, 2.45) is 0 Å². The molecule has 0 bridgehead atoms. The lowest BCUT2D eigenvalue weighted by atomic mass is 10.0. The molecule has 1 heterocycles.